The first-order valence-corrected chi connectivity index (χ1v) is 9.38. The van der Waals surface area contributed by atoms with Gasteiger partial charge in [0.15, 0.2) is 0 Å². The van der Waals surface area contributed by atoms with E-state index in [1.165, 1.54) is 6.26 Å². The van der Waals surface area contributed by atoms with Gasteiger partial charge in [0.1, 0.15) is 9.84 Å². The number of rotatable bonds is 7. The van der Waals surface area contributed by atoms with Crippen molar-refractivity contribution in [2.24, 2.45) is 0 Å². The Labute approximate surface area is 126 Å². The highest BCUT2D eigenvalue weighted by Crippen LogP contribution is 2.31. The van der Waals surface area contributed by atoms with Crippen molar-refractivity contribution < 1.29 is 13.2 Å². The molecule has 1 heterocycles. The van der Waals surface area contributed by atoms with Crippen LogP contribution in [0.3, 0.4) is 0 Å². The molecule has 120 valence electrons. The predicted molar refractivity (Wildman–Crippen MR) is 81.9 cm³/mol. The van der Waals surface area contributed by atoms with Gasteiger partial charge in [-0.05, 0) is 25.3 Å². The van der Waals surface area contributed by atoms with Crippen LogP contribution < -0.4 is 5.32 Å². The summed E-state index contributed by atoms with van der Waals surface area (Å²) in [6, 6.07) is 2.19. The average Bonchev–Trinajstić information content (AvgIpc) is 2.92. The van der Waals surface area contributed by atoms with E-state index in [1.54, 1.807) is 7.11 Å². The first-order chi connectivity index (χ1) is 10.0. The molecular weight excluding hydrogens is 290 g/mol. The predicted octanol–water partition coefficient (Wildman–Crippen LogP) is 1.15. The van der Waals surface area contributed by atoms with Gasteiger partial charge in [0.05, 0.1) is 23.6 Å². The van der Waals surface area contributed by atoms with Gasteiger partial charge < -0.3 is 10.1 Å². The van der Waals surface area contributed by atoms with Gasteiger partial charge in [0.2, 0.25) is 0 Å². The number of methoxy groups -OCH3 is 1. The van der Waals surface area contributed by atoms with Gasteiger partial charge >= 0.3 is 0 Å². The van der Waals surface area contributed by atoms with Crippen molar-refractivity contribution in [2.45, 2.75) is 43.5 Å². The number of sulfone groups is 1. The number of nitrogens with one attached hydrogen (secondary N) is 1. The zero-order chi connectivity index (χ0) is 15.3. The third kappa shape index (κ3) is 4.79. The molecule has 0 aliphatic heterocycles. The quantitative estimate of drug-likeness (QED) is 0.764. The van der Waals surface area contributed by atoms with Gasteiger partial charge in [-0.2, -0.15) is 5.10 Å². The molecule has 21 heavy (non-hydrogen) atoms. The maximum absolute atomic E-state index is 11.7. The summed E-state index contributed by atoms with van der Waals surface area (Å²) in [6.07, 6.45) is 6.71. The molecule has 1 aliphatic rings. The first-order valence-electron chi connectivity index (χ1n) is 7.43. The molecule has 0 bridgehead atoms. The Balaban J connectivity index is 1.91. The first kappa shape index (κ1) is 16.5. The lowest BCUT2D eigenvalue weighted by atomic mass is 9.95. The second kappa shape index (κ2) is 7.38. The van der Waals surface area contributed by atoms with Crippen molar-refractivity contribution in [3.05, 3.63) is 18.0 Å². The normalized spacial score (nSPS) is 23.3. The summed E-state index contributed by atoms with van der Waals surface area (Å²) < 4.78 is 30.4. The summed E-state index contributed by atoms with van der Waals surface area (Å²) in [5.41, 5.74) is 0.979. The highest BCUT2D eigenvalue weighted by molar-refractivity contribution is 7.91. The summed E-state index contributed by atoms with van der Waals surface area (Å²) in [7, 11) is -1.27. The molecule has 0 saturated heterocycles. The maximum Gasteiger partial charge on any atom is 0.150 e. The van der Waals surface area contributed by atoms with E-state index in [1.807, 2.05) is 16.9 Å². The molecular formula is C14H25N3O3S. The van der Waals surface area contributed by atoms with E-state index in [-0.39, 0.29) is 11.3 Å². The van der Waals surface area contributed by atoms with E-state index in [0.29, 0.717) is 19.6 Å². The van der Waals surface area contributed by atoms with E-state index in [0.717, 1.165) is 31.5 Å². The molecule has 1 saturated carbocycles. The minimum absolute atomic E-state index is 0.200. The third-order valence-electron chi connectivity index (χ3n) is 4.03. The molecule has 0 amide bonds. The summed E-state index contributed by atoms with van der Waals surface area (Å²) in [5.74, 6) is 0. The van der Waals surface area contributed by atoms with Gasteiger partial charge in [0, 0.05) is 32.7 Å². The molecule has 2 unspecified atom stereocenters. The third-order valence-corrected chi connectivity index (χ3v) is 5.67. The summed E-state index contributed by atoms with van der Waals surface area (Å²) in [6.45, 7) is 2.18. The van der Waals surface area contributed by atoms with E-state index >= 15 is 0 Å². The second-order valence-electron chi connectivity index (χ2n) is 5.73. The van der Waals surface area contributed by atoms with Crippen LogP contribution in [0.25, 0.3) is 0 Å². The van der Waals surface area contributed by atoms with Crippen LogP contribution >= 0.6 is 0 Å². The van der Waals surface area contributed by atoms with Crippen molar-refractivity contribution in [2.75, 3.05) is 26.5 Å². The van der Waals surface area contributed by atoms with Crippen molar-refractivity contribution in [1.29, 1.82) is 0 Å². The van der Waals surface area contributed by atoms with Crippen molar-refractivity contribution in [1.82, 2.24) is 15.1 Å². The standard InChI is InChI=1S/C14H25N3O3S/c1-20-9-7-15-11-12-6-8-17(16-12)13-4-3-5-14(10-13)21(2,18)19/h6,8,13-15H,3-5,7,9-11H2,1-2H3. The van der Waals surface area contributed by atoms with E-state index in [2.05, 4.69) is 10.4 Å². The number of ether oxygens (including phenoxy) is 1. The smallest absolute Gasteiger partial charge is 0.150 e. The zero-order valence-electron chi connectivity index (χ0n) is 12.8. The topological polar surface area (TPSA) is 73.2 Å². The fourth-order valence-electron chi connectivity index (χ4n) is 2.82. The lowest BCUT2D eigenvalue weighted by Crippen LogP contribution is -2.29. The Morgan fingerprint density at radius 3 is 3.00 bits per heavy atom. The molecule has 1 aromatic heterocycles. The Hall–Kier alpha value is -0.920. The number of hydrogen-bond donors (Lipinski definition) is 1. The van der Waals surface area contributed by atoms with Crippen LogP contribution in [0.15, 0.2) is 12.3 Å². The Morgan fingerprint density at radius 1 is 1.48 bits per heavy atom. The summed E-state index contributed by atoms with van der Waals surface area (Å²) >= 11 is 0. The van der Waals surface area contributed by atoms with Crippen molar-refractivity contribution in [3.8, 4) is 0 Å². The van der Waals surface area contributed by atoms with Gasteiger partial charge in [0.25, 0.3) is 0 Å². The summed E-state index contributed by atoms with van der Waals surface area (Å²) in [4.78, 5) is 0. The minimum atomic E-state index is -2.95. The van der Waals surface area contributed by atoms with E-state index in [9.17, 15) is 8.42 Å². The molecule has 1 aromatic rings. The largest absolute Gasteiger partial charge is 0.383 e. The Morgan fingerprint density at radius 2 is 2.29 bits per heavy atom. The van der Waals surface area contributed by atoms with Gasteiger partial charge in [-0.3, -0.25) is 4.68 Å². The molecule has 0 spiro atoms. The van der Waals surface area contributed by atoms with Crippen molar-refractivity contribution >= 4 is 9.84 Å². The van der Waals surface area contributed by atoms with Crippen LogP contribution in [-0.2, 0) is 21.1 Å². The van der Waals surface area contributed by atoms with E-state index < -0.39 is 9.84 Å². The molecule has 2 rings (SSSR count). The lowest BCUT2D eigenvalue weighted by molar-refractivity contribution is 0.199. The van der Waals surface area contributed by atoms with E-state index in [4.69, 9.17) is 4.74 Å². The fourth-order valence-corrected chi connectivity index (χ4v) is 3.98. The molecule has 2 atom stereocenters. The maximum atomic E-state index is 11.7. The second-order valence-corrected chi connectivity index (χ2v) is 8.05. The fraction of sp³-hybridized carbons (Fsp3) is 0.786. The molecule has 7 heteroatoms. The highest BCUT2D eigenvalue weighted by atomic mass is 32.2. The highest BCUT2D eigenvalue weighted by Gasteiger charge is 2.30. The number of hydrogen-bond acceptors (Lipinski definition) is 5. The van der Waals surface area contributed by atoms with Crippen LogP contribution in [0.1, 0.15) is 37.4 Å². The molecule has 1 N–H and O–H groups in total. The van der Waals surface area contributed by atoms with Crippen LogP contribution in [0.5, 0.6) is 0 Å². The Bertz CT molecular complexity index is 541. The van der Waals surface area contributed by atoms with Crippen LogP contribution in [0.4, 0.5) is 0 Å². The lowest BCUT2D eigenvalue weighted by Gasteiger charge is -2.28. The monoisotopic (exact) mass is 315 g/mol. The number of aromatic nitrogens is 2. The average molecular weight is 315 g/mol. The van der Waals surface area contributed by atoms with Gasteiger partial charge in [-0.1, -0.05) is 6.42 Å². The minimum Gasteiger partial charge on any atom is -0.383 e. The van der Waals surface area contributed by atoms with Crippen molar-refractivity contribution in [3.63, 3.8) is 0 Å². The van der Waals surface area contributed by atoms with Gasteiger partial charge in [-0.25, -0.2) is 8.42 Å². The molecule has 0 radical (unpaired) electrons. The number of nitrogens with zero attached hydrogens (tertiary/aromatic N) is 2. The zero-order valence-corrected chi connectivity index (χ0v) is 13.6. The SMILES string of the molecule is COCCNCc1ccn(C2CCCC(S(C)(=O)=O)C2)n1. The van der Waals surface area contributed by atoms with Crippen LogP contribution in [0, 0.1) is 0 Å². The molecule has 6 nitrogen and oxygen atoms in total. The van der Waals surface area contributed by atoms with Crippen LogP contribution in [0.2, 0.25) is 0 Å². The van der Waals surface area contributed by atoms with Crippen LogP contribution in [-0.4, -0.2) is 50.0 Å². The Kier molecular flexibility index (Phi) is 5.78. The molecule has 0 aromatic carbocycles. The molecule has 1 fully saturated rings. The molecule has 1 aliphatic carbocycles. The van der Waals surface area contributed by atoms with Gasteiger partial charge in [-0.15, -0.1) is 0 Å². The summed E-state index contributed by atoms with van der Waals surface area (Å²) in [5, 5.41) is 7.60.